The molecule has 0 bridgehead atoms. The first-order valence-corrected chi connectivity index (χ1v) is 9.90. The molecule has 1 N–H and O–H groups in total. The number of nitrogens with zero attached hydrogens (tertiary/aromatic N) is 1. The molecule has 3 heterocycles. The number of aryl methyl sites for hydroxylation is 1. The summed E-state index contributed by atoms with van der Waals surface area (Å²) >= 11 is 0. The van der Waals surface area contributed by atoms with Crippen LogP contribution in [0.25, 0.3) is 5.76 Å². The fourth-order valence-electron chi connectivity index (χ4n) is 4.08. The summed E-state index contributed by atoms with van der Waals surface area (Å²) in [6.07, 6.45) is 3.08. The van der Waals surface area contributed by atoms with Crippen molar-refractivity contribution in [1.82, 2.24) is 0 Å². The van der Waals surface area contributed by atoms with Crippen molar-refractivity contribution >= 4 is 23.1 Å². The minimum atomic E-state index is -0.979. The van der Waals surface area contributed by atoms with Crippen LogP contribution >= 0.6 is 0 Å². The van der Waals surface area contributed by atoms with Gasteiger partial charge in [0.25, 0.3) is 11.7 Å². The van der Waals surface area contributed by atoms with E-state index < -0.39 is 23.5 Å². The van der Waals surface area contributed by atoms with Crippen molar-refractivity contribution in [3.8, 4) is 5.75 Å². The molecule has 0 saturated carbocycles. The Balaban J connectivity index is 1.66. The number of aliphatic hydroxyl groups is 1. The molecule has 156 valence electrons. The topological polar surface area (TPSA) is 80.0 Å². The predicted molar refractivity (Wildman–Crippen MR) is 110 cm³/mol. The average molecular weight is 419 g/mol. The van der Waals surface area contributed by atoms with Gasteiger partial charge in [0.2, 0.25) is 0 Å². The number of rotatable bonds is 3. The molecule has 0 spiro atoms. The second-order valence-electron chi connectivity index (χ2n) is 7.44. The Morgan fingerprint density at radius 3 is 2.65 bits per heavy atom. The van der Waals surface area contributed by atoms with Gasteiger partial charge in [0.1, 0.15) is 29.1 Å². The van der Waals surface area contributed by atoms with Crippen molar-refractivity contribution < 1.29 is 28.2 Å². The molecule has 1 unspecified atom stereocenters. The molecule has 1 atom stereocenters. The van der Waals surface area contributed by atoms with E-state index in [0.29, 0.717) is 23.6 Å². The molecule has 3 aromatic rings. The van der Waals surface area contributed by atoms with Crippen molar-refractivity contribution in [2.24, 2.45) is 0 Å². The summed E-state index contributed by atoms with van der Waals surface area (Å²) in [6.45, 7) is 0.638. The molecule has 6 nitrogen and oxygen atoms in total. The zero-order valence-electron chi connectivity index (χ0n) is 16.4. The van der Waals surface area contributed by atoms with Crippen LogP contribution in [0.15, 0.2) is 70.9 Å². The summed E-state index contributed by atoms with van der Waals surface area (Å²) < 4.78 is 24.6. The van der Waals surface area contributed by atoms with E-state index in [2.05, 4.69) is 0 Å². The van der Waals surface area contributed by atoms with Gasteiger partial charge in [-0.15, -0.1) is 0 Å². The van der Waals surface area contributed by atoms with Gasteiger partial charge in [-0.25, -0.2) is 4.39 Å². The molecule has 2 aliphatic rings. The second-order valence-corrected chi connectivity index (χ2v) is 7.44. The van der Waals surface area contributed by atoms with Gasteiger partial charge in [-0.2, -0.15) is 0 Å². The highest BCUT2D eigenvalue weighted by Crippen LogP contribution is 2.42. The second kappa shape index (κ2) is 7.43. The lowest BCUT2D eigenvalue weighted by Gasteiger charge is -2.23. The van der Waals surface area contributed by atoms with Gasteiger partial charge in [0.05, 0.1) is 18.4 Å². The quantitative estimate of drug-likeness (QED) is 0.387. The molecule has 1 amide bonds. The third kappa shape index (κ3) is 3.18. The van der Waals surface area contributed by atoms with E-state index in [9.17, 15) is 19.1 Å². The van der Waals surface area contributed by atoms with E-state index in [0.717, 1.165) is 24.2 Å². The van der Waals surface area contributed by atoms with Gasteiger partial charge in [-0.05, 0) is 73.0 Å². The molecular formula is C24H18FNO5. The van der Waals surface area contributed by atoms with Crippen molar-refractivity contribution in [2.75, 3.05) is 11.5 Å². The number of amides is 1. The molecule has 31 heavy (non-hydrogen) atoms. The number of benzene rings is 2. The number of aliphatic hydroxyl groups excluding tert-OH is 1. The van der Waals surface area contributed by atoms with Gasteiger partial charge in [-0.3, -0.25) is 14.5 Å². The number of hydrogen-bond donors (Lipinski definition) is 1. The van der Waals surface area contributed by atoms with Gasteiger partial charge in [0.15, 0.2) is 0 Å². The largest absolute Gasteiger partial charge is 0.507 e. The van der Waals surface area contributed by atoms with Gasteiger partial charge in [-0.1, -0.05) is 0 Å². The number of anilines is 1. The van der Waals surface area contributed by atoms with Crippen LogP contribution in [0.3, 0.4) is 0 Å². The van der Waals surface area contributed by atoms with Crippen molar-refractivity contribution in [3.05, 3.63) is 89.1 Å². The molecule has 1 aromatic heterocycles. The Labute approximate surface area is 177 Å². The standard InChI is InChI=1S/C24H18FNO5/c25-16-6-8-17(9-7-16)26-21(19-4-2-12-31-19)20(23(28)24(26)29)22(27)15-5-10-18-14(13-15)3-1-11-30-18/h2,4-10,12-13,21,27H,1,3,11H2/b22-20-. The first-order valence-electron chi connectivity index (χ1n) is 9.90. The van der Waals surface area contributed by atoms with Gasteiger partial charge >= 0.3 is 0 Å². The molecular weight excluding hydrogens is 401 g/mol. The van der Waals surface area contributed by atoms with Crippen LogP contribution in [-0.2, 0) is 16.0 Å². The Kier molecular flexibility index (Phi) is 4.58. The minimum absolute atomic E-state index is 0.0825. The van der Waals surface area contributed by atoms with E-state index in [4.69, 9.17) is 9.15 Å². The van der Waals surface area contributed by atoms with Gasteiger partial charge in [0, 0.05) is 11.3 Å². The van der Waals surface area contributed by atoms with Crippen LogP contribution in [0.4, 0.5) is 10.1 Å². The number of carbonyl (C=O) groups excluding carboxylic acids is 2. The summed E-state index contributed by atoms with van der Waals surface area (Å²) in [4.78, 5) is 27.2. The number of furan rings is 1. The maximum Gasteiger partial charge on any atom is 0.300 e. The molecule has 0 radical (unpaired) electrons. The smallest absolute Gasteiger partial charge is 0.300 e. The summed E-state index contributed by atoms with van der Waals surface area (Å²) in [5, 5.41) is 11.1. The lowest BCUT2D eigenvalue weighted by atomic mass is 9.96. The van der Waals surface area contributed by atoms with Crippen LogP contribution in [0.5, 0.6) is 5.75 Å². The highest BCUT2D eigenvalue weighted by molar-refractivity contribution is 6.51. The molecule has 1 fully saturated rings. The average Bonchev–Trinajstić information content (AvgIpc) is 3.41. The number of Topliss-reactive ketones (excluding diaryl/α,β-unsaturated/α-hetero) is 1. The Bertz CT molecular complexity index is 1200. The van der Waals surface area contributed by atoms with Crippen LogP contribution < -0.4 is 9.64 Å². The first-order chi connectivity index (χ1) is 15.0. The molecule has 1 saturated heterocycles. The molecule has 2 aliphatic heterocycles. The van der Waals surface area contributed by atoms with Crippen molar-refractivity contribution in [3.63, 3.8) is 0 Å². The Morgan fingerprint density at radius 1 is 1.10 bits per heavy atom. The van der Waals surface area contributed by atoms with E-state index in [-0.39, 0.29) is 11.3 Å². The number of halogens is 1. The number of hydrogen-bond acceptors (Lipinski definition) is 5. The maximum atomic E-state index is 13.4. The monoisotopic (exact) mass is 419 g/mol. The zero-order chi connectivity index (χ0) is 21.5. The summed E-state index contributed by atoms with van der Waals surface area (Å²) in [5.74, 6) is -1.36. The highest BCUT2D eigenvalue weighted by Gasteiger charge is 2.48. The van der Waals surface area contributed by atoms with E-state index in [1.807, 2.05) is 0 Å². The van der Waals surface area contributed by atoms with E-state index >= 15 is 0 Å². The summed E-state index contributed by atoms with van der Waals surface area (Å²) in [5.41, 5.74) is 1.58. The van der Waals surface area contributed by atoms with Crippen molar-refractivity contribution in [1.29, 1.82) is 0 Å². The van der Waals surface area contributed by atoms with Gasteiger partial charge < -0.3 is 14.3 Å². The molecule has 5 rings (SSSR count). The Morgan fingerprint density at radius 2 is 1.90 bits per heavy atom. The highest BCUT2D eigenvalue weighted by atomic mass is 19.1. The number of ketones is 1. The first kappa shape index (κ1) is 19.1. The number of carbonyl (C=O) groups is 2. The maximum absolute atomic E-state index is 13.4. The normalized spacial score (nSPS) is 19.9. The lowest BCUT2D eigenvalue weighted by molar-refractivity contribution is -0.132. The zero-order valence-corrected chi connectivity index (χ0v) is 16.4. The predicted octanol–water partition coefficient (Wildman–Crippen LogP) is 4.37. The lowest BCUT2D eigenvalue weighted by Crippen LogP contribution is -2.29. The van der Waals surface area contributed by atoms with Crippen LogP contribution in [0.1, 0.15) is 29.3 Å². The fraction of sp³-hybridized carbons (Fsp3) is 0.167. The number of fused-ring (bicyclic) bond motifs is 1. The molecule has 0 aliphatic carbocycles. The minimum Gasteiger partial charge on any atom is -0.507 e. The summed E-state index contributed by atoms with van der Waals surface area (Å²) in [6, 6.07) is 12.7. The molecule has 2 aromatic carbocycles. The third-order valence-corrected chi connectivity index (χ3v) is 5.54. The van der Waals surface area contributed by atoms with Crippen LogP contribution in [0, 0.1) is 5.82 Å². The number of ether oxygens (including phenoxy) is 1. The Hall–Kier alpha value is -3.87. The third-order valence-electron chi connectivity index (χ3n) is 5.54. The fourth-order valence-corrected chi connectivity index (χ4v) is 4.08. The summed E-state index contributed by atoms with van der Waals surface area (Å²) in [7, 11) is 0. The molecule has 7 heteroatoms. The SMILES string of the molecule is O=C1C(=O)N(c2ccc(F)cc2)C(c2ccco2)/C1=C(/O)c1ccc2c(c1)CCCO2. The van der Waals surface area contributed by atoms with E-state index in [1.165, 1.54) is 35.4 Å². The van der Waals surface area contributed by atoms with Crippen LogP contribution in [-0.4, -0.2) is 23.4 Å². The van der Waals surface area contributed by atoms with Crippen molar-refractivity contribution in [2.45, 2.75) is 18.9 Å². The van der Waals surface area contributed by atoms with Crippen LogP contribution in [0.2, 0.25) is 0 Å². The van der Waals surface area contributed by atoms with E-state index in [1.54, 1.807) is 30.3 Å².